The van der Waals surface area contributed by atoms with Crippen LogP contribution in [0.25, 0.3) is 5.65 Å². The third kappa shape index (κ3) is 2.17. The molecule has 3 aromatic rings. The lowest BCUT2D eigenvalue weighted by Gasteiger charge is -2.06. The van der Waals surface area contributed by atoms with Gasteiger partial charge in [0.25, 0.3) is 0 Å². The number of anilines is 1. The summed E-state index contributed by atoms with van der Waals surface area (Å²) < 4.78 is 1.34. The van der Waals surface area contributed by atoms with E-state index in [2.05, 4.69) is 25.5 Å². The van der Waals surface area contributed by atoms with Crippen molar-refractivity contribution < 1.29 is 0 Å². The Kier molecular flexibility index (Phi) is 2.71. The van der Waals surface area contributed by atoms with Crippen LogP contribution in [0.2, 0.25) is 0 Å². The summed E-state index contributed by atoms with van der Waals surface area (Å²) in [5, 5.41) is 9.41. The number of hydrogen-bond donors (Lipinski definition) is 2. The van der Waals surface area contributed by atoms with Gasteiger partial charge in [-0.15, -0.1) is 0 Å². The standard InChI is InChI=1S/C12H12N6O/c1-8-3-2-4-13-9(8)6-14-10-5-11-16-17-12(19)18(11)7-15-10/h2-5,7,14H,6H2,1H3,(H,17,19). The average molecular weight is 256 g/mol. The number of aryl methyl sites for hydroxylation is 1. The van der Waals surface area contributed by atoms with Gasteiger partial charge in [0.2, 0.25) is 0 Å². The van der Waals surface area contributed by atoms with Crippen LogP contribution in [0.5, 0.6) is 0 Å². The van der Waals surface area contributed by atoms with Crippen LogP contribution < -0.4 is 11.0 Å². The predicted molar refractivity (Wildman–Crippen MR) is 69.9 cm³/mol. The van der Waals surface area contributed by atoms with Gasteiger partial charge in [0, 0.05) is 12.3 Å². The molecule has 0 aliphatic rings. The fourth-order valence-electron chi connectivity index (χ4n) is 1.78. The third-order valence-electron chi connectivity index (χ3n) is 2.86. The van der Waals surface area contributed by atoms with Crippen LogP contribution in [0.3, 0.4) is 0 Å². The molecule has 19 heavy (non-hydrogen) atoms. The normalized spacial score (nSPS) is 10.8. The van der Waals surface area contributed by atoms with E-state index in [1.54, 1.807) is 12.3 Å². The second-order valence-corrected chi connectivity index (χ2v) is 4.15. The Morgan fingerprint density at radius 3 is 3.16 bits per heavy atom. The summed E-state index contributed by atoms with van der Waals surface area (Å²) in [6, 6.07) is 5.61. The third-order valence-corrected chi connectivity index (χ3v) is 2.86. The van der Waals surface area contributed by atoms with Gasteiger partial charge in [-0.25, -0.2) is 19.3 Å². The van der Waals surface area contributed by atoms with Crippen molar-refractivity contribution in [3.8, 4) is 0 Å². The fourth-order valence-corrected chi connectivity index (χ4v) is 1.78. The molecular formula is C12H12N6O. The molecule has 0 radical (unpaired) electrons. The van der Waals surface area contributed by atoms with Crippen molar-refractivity contribution in [2.75, 3.05) is 5.32 Å². The highest BCUT2D eigenvalue weighted by molar-refractivity contribution is 5.48. The van der Waals surface area contributed by atoms with Crippen molar-refractivity contribution in [1.82, 2.24) is 24.6 Å². The van der Waals surface area contributed by atoms with Gasteiger partial charge in [-0.1, -0.05) is 6.07 Å². The summed E-state index contributed by atoms with van der Waals surface area (Å²) in [5.74, 6) is 0.650. The number of aromatic amines is 1. The second kappa shape index (κ2) is 4.52. The molecule has 7 nitrogen and oxygen atoms in total. The molecule has 0 aromatic carbocycles. The van der Waals surface area contributed by atoms with Crippen LogP contribution in [-0.2, 0) is 6.54 Å². The minimum atomic E-state index is -0.297. The highest BCUT2D eigenvalue weighted by Crippen LogP contribution is 2.08. The summed E-state index contributed by atoms with van der Waals surface area (Å²) in [6.45, 7) is 2.58. The molecular weight excluding hydrogens is 244 g/mol. The molecule has 0 fully saturated rings. The molecule has 96 valence electrons. The van der Waals surface area contributed by atoms with Gasteiger partial charge in [0.05, 0.1) is 12.2 Å². The smallest absolute Gasteiger partial charge is 0.348 e. The van der Waals surface area contributed by atoms with Crippen LogP contribution in [-0.4, -0.2) is 24.6 Å². The number of hydrogen-bond acceptors (Lipinski definition) is 5. The summed E-state index contributed by atoms with van der Waals surface area (Å²) in [6.07, 6.45) is 3.20. The minimum Gasteiger partial charge on any atom is -0.364 e. The predicted octanol–water partition coefficient (Wildman–Crippen LogP) is 0.733. The first-order valence-corrected chi connectivity index (χ1v) is 5.81. The van der Waals surface area contributed by atoms with E-state index >= 15 is 0 Å². The second-order valence-electron chi connectivity index (χ2n) is 4.15. The zero-order valence-corrected chi connectivity index (χ0v) is 10.3. The molecule has 0 aliphatic carbocycles. The molecule has 7 heteroatoms. The molecule has 0 amide bonds. The summed E-state index contributed by atoms with van der Waals surface area (Å²) in [7, 11) is 0. The zero-order chi connectivity index (χ0) is 13.2. The number of aromatic nitrogens is 5. The number of nitrogens with zero attached hydrogens (tertiary/aromatic N) is 4. The molecule has 3 rings (SSSR count). The quantitative estimate of drug-likeness (QED) is 0.721. The molecule has 0 aliphatic heterocycles. The van der Waals surface area contributed by atoms with E-state index in [1.165, 1.54) is 10.7 Å². The average Bonchev–Trinajstić information content (AvgIpc) is 2.79. The van der Waals surface area contributed by atoms with Crippen molar-refractivity contribution in [3.63, 3.8) is 0 Å². The number of fused-ring (bicyclic) bond motifs is 1. The maximum absolute atomic E-state index is 11.3. The van der Waals surface area contributed by atoms with E-state index in [0.29, 0.717) is 18.0 Å². The number of H-pyrrole nitrogens is 1. The maximum Gasteiger partial charge on any atom is 0.348 e. The molecule has 0 atom stereocenters. The molecule has 0 bridgehead atoms. The van der Waals surface area contributed by atoms with Gasteiger partial charge in [-0.2, -0.15) is 5.10 Å². The van der Waals surface area contributed by atoms with E-state index < -0.39 is 0 Å². The van der Waals surface area contributed by atoms with Gasteiger partial charge >= 0.3 is 5.69 Å². The lowest BCUT2D eigenvalue weighted by molar-refractivity contribution is 0.975. The summed E-state index contributed by atoms with van der Waals surface area (Å²) in [4.78, 5) is 19.7. The van der Waals surface area contributed by atoms with Gasteiger partial charge in [-0.3, -0.25) is 4.98 Å². The lowest BCUT2D eigenvalue weighted by atomic mass is 10.2. The number of rotatable bonds is 3. The van der Waals surface area contributed by atoms with Crippen LogP contribution in [0.15, 0.2) is 35.5 Å². The fraction of sp³-hybridized carbons (Fsp3) is 0.167. The van der Waals surface area contributed by atoms with Gasteiger partial charge in [0.1, 0.15) is 12.1 Å². The van der Waals surface area contributed by atoms with E-state index in [4.69, 9.17) is 0 Å². The summed E-state index contributed by atoms with van der Waals surface area (Å²) >= 11 is 0. The van der Waals surface area contributed by atoms with E-state index in [9.17, 15) is 4.79 Å². The first-order chi connectivity index (χ1) is 9.24. The van der Waals surface area contributed by atoms with Crippen LogP contribution in [0.1, 0.15) is 11.3 Å². The number of nitrogens with one attached hydrogen (secondary N) is 2. The van der Waals surface area contributed by atoms with Crippen molar-refractivity contribution in [2.45, 2.75) is 13.5 Å². The first-order valence-electron chi connectivity index (χ1n) is 5.81. The lowest BCUT2D eigenvalue weighted by Crippen LogP contribution is -2.10. The van der Waals surface area contributed by atoms with Crippen molar-refractivity contribution >= 4 is 11.5 Å². The minimum absolute atomic E-state index is 0.297. The van der Waals surface area contributed by atoms with E-state index in [1.807, 2.05) is 19.1 Å². The molecule has 3 aromatic heterocycles. The molecule has 3 heterocycles. The molecule has 0 unspecified atom stereocenters. The molecule has 2 N–H and O–H groups in total. The zero-order valence-electron chi connectivity index (χ0n) is 10.3. The van der Waals surface area contributed by atoms with E-state index in [0.717, 1.165) is 11.3 Å². The Bertz CT molecular complexity index is 775. The Balaban J connectivity index is 1.82. The molecule has 0 saturated carbocycles. The monoisotopic (exact) mass is 256 g/mol. The van der Waals surface area contributed by atoms with Gasteiger partial charge in [-0.05, 0) is 18.6 Å². The highest BCUT2D eigenvalue weighted by atomic mass is 16.1. The number of pyridine rings is 1. The van der Waals surface area contributed by atoms with Crippen molar-refractivity contribution in [2.24, 2.45) is 0 Å². The maximum atomic E-state index is 11.3. The Labute approximate surface area is 108 Å². The van der Waals surface area contributed by atoms with E-state index in [-0.39, 0.29) is 5.69 Å². The Morgan fingerprint density at radius 2 is 2.32 bits per heavy atom. The topological polar surface area (TPSA) is 88.0 Å². The van der Waals surface area contributed by atoms with Crippen LogP contribution in [0, 0.1) is 6.92 Å². The molecule has 0 spiro atoms. The van der Waals surface area contributed by atoms with Crippen LogP contribution in [0.4, 0.5) is 5.82 Å². The van der Waals surface area contributed by atoms with Crippen molar-refractivity contribution in [1.29, 1.82) is 0 Å². The van der Waals surface area contributed by atoms with Crippen molar-refractivity contribution in [3.05, 3.63) is 52.5 Å². The molecule has 0 saturated heterocycles. The first kappa shape index (κ1) is 11.4. The Morgan fingerprint density at radius 1 is 1.42 bits per heavy atom. The van der Waals surface area contributed by atoms with Crippen LogP contribution >= 0.6 is 0 Å². The van der Waals surface area contributed by atoms with Gasteiger partial charge < -0.3 is 5.32 Å². The Hall–Kier alpha value is -2.70. The SMILES string of the molecule is Cc1cccnc1CNc1cc2n[nH]c(=O)n2cn1. The highest BCUT2D eigenvalue weighted by Gasteiger charge is 2.03. The summed E-state index contributed by atoms with van der Waals surface area (Å²) in [5.41, 5.74) is 2.31. The largest absolute Gasteiger partial charge is 0.364 e. The van der Waals surface area contributed by atoms with Gasteiger partial charge in [0.15, 0.2) is 5.65 Å².